The van der Waals surface area contributed by atoms with E-state index in [-0.39, 0.29) is 22.7 Å². The maximum absolute atomic E-state index is 13.4. The van der Waals surface area contributed by atoms with Crippen molar-refractivity contribution < 1.29 is 17.6 Å². The van der Waals surface area contributed by atoms with Crippen molar-refractivity contribution in [3.63, 3.8) is 0 Å². The number of nitrogens with zero attached hydrogens (tertiary/aromatic N) is 3. The molecule has 1 aliphatic heterocycles. The smallest absolute Gasteiger partial charge is 0.264 e. The number of anilines is 1. The van der Waals surface area contributed by atoms with Crippen LogP contribution in [-0.2, 0) is 16.6 Å². The van der Waals surface area contributed by atoms with Crippen LogP contribution >= 0.6 is 0 Å². The van der Waals surface area contributed by atoms with Gasteiger partial charge < -0.3 is 4.90 Å². The molecule has 196 valence electrons. The zero-order valence-corrected chi connectivity index (χ0v) is 21.9. The number of sulfonamides is 1. The maximum atomic E-state index is 13.4. The Morgan fingerprint density at radius 2 is 1.74 bits per heavy atom. The Balaban J connectivity index is 1.26. The molecular weight excluding hydrogens is 503 g/mol. The summed E-state index contributed by atoms with van der Waals surface area (Å²) in [5, 5.41) is 0.736. The van der Waals surface area contributed by atoms with Crippen LogP contribution < -0.4 is 4.72 Å². The molecule has 7 nitrogen and oxygen atoms in total. The number of hydrogen-bond acceptors (Lipinski definition) is 5. The molecule has 4 aromatic rings. The molecule has 0 radical (unpaired) electrons. The number of halogens is 1. The van der Waals surface area contributed by atoms with Gasteiger partial charge in [0, 0.05) is 55.1 Å². The van der Waals surface area contributed by atoms with Gasteiger partial charge in [0.1, 0.15) is 10.7 Å². The molecule has 1 saturated heterocycles. The van der Waals surface area contributed by atoms with Crippen molar-refractivity contribution in [2.24, 2.45) is 0 Å². The molecule has 1 fully saturated rings. The van der Waals surface area contributed by atoms with E-state index < -0.39 is 10.0 Å². The van der Waals surface area contributed by atoms with Gasteiger partial charge in [-0.25, -0.2) is 12.8 Å². The first-order chi connectivity index (χ1) is 18.3. The lowest BCUT2D eigenvalue weighted by molar-refractivity contribution is 0.0430. The number of piperazine rings is 1. The van der Waals surface area contributed by atoms with Gasteiger partial charge in [0.2, 0.25) is 0 Å². The third kappa shape index (κ3) is 5.54. The van der Waals surface area contributed by atoms with Crippen LogP contribution in [0.3, 0.4) is 0 Å². The second-order valence-electron chi connectivity index (χ2n) is 9.44. The van der Waals surface area contributed by atoms with Crippen LogP contribution in [0.25, 0.3) is 10.9 Å². The standard InChI is InChI=1S/C29H29FN4O3S/c1-2-26-20-33(19-21-8-12-24(30)13-9-21)17-18-34(26)29(35)23-10-14-25(15-11-23)32-38(36,37)27-7-3-5-22-6-4-16-31-28(22)27/h3-16,26,32H,2,17-20H2,1H3/t26-/m0/s1. The Labute approximate surface area is 222 Å². The Kier molecular flexibility index (Phi) is 7.40. The number of benzene rings is 3. The lowest BCUT2D eigenvalue weighted by atomic mass is 10.1. The second-order valence-corrected chi connectivity index (χ2v) is 11.1. The minimum atomic E-state index is -3.87. The zero-order chi connectivity index (χ0) is 26.7. The first-order valence-electron chi connectivity index (χ1n) is 12.6. The van der Waals surface area contributed by atoms with E-state index in [9.17, 15) is 17.6 Å². The molecule has 0 unspecified atom stereocenters. The van der Waals surface area contributed by atoms with Crippen LogP contribution in [0.4, 0.5) is 10.1 Å². The summed E-state index contributed by atoms with van der Waals surface area (Å²) in [5.41, 5.74) is 2.31. The molecule has 1 N–H and O–H groups in total. The number of carbonyl (C=O) groups is 1. The van der Waals surface area contributed by atoms with Crippen LogP contribution in [0.2, 0.25) is 0 Å². The van der Waals surface area contributed by atoms with Gasteiger partial charge in [-0.2, -0.15) is 0 Å². The van der Waals surface area contributed by atoms with Gasteiger partial charge >= 0.3 is 0 Å². The number of hydrogen-bond donors (Lipinski definition) is 1. The molecule has 0 bridgehead atoms. The molecule has 0 aliphatic carbocycles. The van der Waals surface area contributed by atoms with Gasteiger partial charge in [-0.3, -0.25) is 19.4 Å². The number of fused-ring (bicyclic) bond motifs is 1. The number of rotatable bonds is 7. The SMILES string of the molecule is CC[C@H]1CN(Cc2ccc(F)cc2)CCN1C(=O)c1ccc(NS(=O)(=O)c2cccc3cccnc23)cc1. The van der Waals surface area contributed by atoms with Crippen molar-refractivity contribution in [2.75, 3.05) is 24.4 Å². The topological polar surface area (TPSA) is 82.6 Å². The highest BCUT2D eigenvalue weighted by atomic mass is 32.2. The van der Waals surface area contributed by atoms with Gasteiger partial charge in [0.25, 0.3) is 15.9 Å². The highest BCUT2D eigenvalue weighted by Crippen LogP contribution is 2.24. The summed E-state index contributed by atoms with van der Waals surface area (Å²) in [6, 6.07) is 21.7. The van der Waals surface area contributed by atoms with E-state index in [1.165, 1.54) is 18.2 Å². The normalized spacial score (nSPS) is 16.5. The molecule has 38 heavy (non-hydrogen) atoms. The molecule has 1 atom stereocenters. The number of amides is 1. The van der Waals surface area contributed by atoms with Crippen molar-refractivity contribution >= 4 is 32.5 Å². The molecule has 0 saturated carbocycles. The third-order valence-electron chi connectivity index (χ3n) is 6.89. The molecule has 3 aromatic carbocycles. The molecule has 5 rings (SSSR count). The van der Waals surface area contributed by atoms with Crippen LogP contribution in [0.1, 0.15) is 29.3 Å². The van der Waals surface area contributed by atoms with Crippen molar-refractivity contribution in [1.29, 1.82) is 0 Å². The fourth-order valence-electron chi connectivity index (χ4n) is 4.88. The molecule has 1 aromatic heterocycles. The summed E-state index contributed by atoms with van der Waals surface area (Å²) in [6.45, 7) is 4.81. The minimum Gasteiger partial charge on any atom is -0.333 e. The fourth-order valence-corrected chi connectivity index (χ4v) is 6.12. The summed E-state index contributed by atoms with van der Waals surface area (Å²) in [4.78, 5) is 21.9. The number of carbonyl (C=O) groups excluding carboxylic acids is 1. The number of pyridine rings is 1. The molecule has 1 amide bonds. The predicted molar refractivity (Wildman–Crippen MR) is 146 cm³/mol. The Bertz CT molecular complexity index is 1540. The summed E-state index contributed by atoms with van der Waals surface area (Å²) < 4.78 is 42.0. The van der Waals surface area contributed by atoms with Gasteiger partial charge in [-0.05, 0) is 60.5 Å². The summed E-state index contributed by atoms with van der Waals surface area (Å²) in [7, 11) is -3.87. The van der Waals surface area contributed by atoms with Crippen LogP contribution in [-0.4, -0.2) is 54.8 Å². The van der Waals surface area contributed by atoms with Crippen molar-refractivity contribution in [3.05, 3.63) is 102 Å². The predicted octanol–water partition coefficient (Wildman–Crippen LogP) is 4.91. The van der Waals surface area contributed by atoms with Crippen LogP contribution in [0, 0.1) is 5.82 Å². The number of para-hydroxylation sites is 1. The maximum Gasteiger partial charge on any atom is 0.264 e. The molecular formula is C29H29FN4O3S. The first kappa shape index (κ1) is 25.8. The summed E-state index contributed by atoms with van der Waals surface area (Å²) in [6.07, 6.45) is 2.37. The fraction of sp³-hybridized carbons (Fsp3) is 0.241. The van der Waals surface area contributed by atoms with Gasteiger partial charge in [0.15, 0.2) is 0 Å². The lowest BCUT2D eigenvalue weighted by Gasteiger charge is -2.41. The monoisotopic (exact) mass is 532 g/mol. The molecule has 2 heterocycles. The summed E-state index contributed by atoms with van der Waals surface area (Å²) in [5.74, 6) is -0.328. The summed E-state index contributed by atoms with van der Waals surface area (Å²) >= 11 is 0. The van der Waals surface area contributed by atoms with E-state index in [4.69, 9.17) is 0 Å². The van der Waals surface area contributed by atoms with E-state index in [1.807, 2.05) is 17.0 Å². The Morgan fingerprint density at radius 3 is 2.47 bits per heavy atom. The molecule has 9 heteroatoms. The van der Waals surface area contributed by atoms with E-state index in [0.717, 1.165) is 30.5 Å². The largest absolute Gasteiger partial charge is 0.333 e. The van der Waals surface area contributed by atoms with Crippen molar-refractivity contribution in [2.45, 2.75) is 30.8 Å². The average molecular weight is 533 g/mol. The van der Waals surface area contributed by atoms with Crippen LogP contribution in [0.15, 0.2) is 90.0 Å². The zero-order valence-electron chi connectivity index (χ0n) is 21.0. The number of nitrogens with one attached hydrogen (secondary N) is 1. The minimum absolute atomic E-state index is 0.0498. The van der Waals surface area contributed by atoms with Crippen LogP contribution in [0.5, 0.6) is 0 Å². The van der Waals surface area contributed by atoms with E-state index in [1.54, 1.807) is 54.7 Å². The first-order valence-corrected chi connectivity index (χ1v) is 14.1. The van der Waals surface area contributed by atoms with Crippen molar-refractivity contribution in [1.82, 2.24) is 14.8 Å². The Hall–Kier alpha value is -3.82. The third-order valence-corrected chi connectivity index (χ3v) is 8.30. The number of aromatic nitrogens is 1. The highest BCUT2D eigenvalue weighted by molar-refractivity contribution is 7.93. The van der Waals surface area contributed by atoms with E-state index in [2.05, 4.69) is 21.5 Å². The van der Waals surface area contributed by atoms with Gasteiger partial charge in [0.05, 0.1) is 5.52 Å². The molecule has 1 aliphatic rings. The van der Waals surface area contributed by atoms with E-state index >= 15 is 0 Å². The van der Waals surface area contributed by atoms with Gasteiger partial charge in [-0.15, -0.1) is 0 Å². The molecule has 0 spiro atoms. The van der Waals surface area contributed by atoms with Gasteiger partial charge in [-0.1, -0.05) is 37.3 Å². The lowest BCUT2D eigenvalue weighted by Crippen LogP contribution is -2.54. The quantitative estimate of drug-likeness (QED) is 0.366. The van der Waals surface area contributed by atoms with Crippen molar-refractivity contribution in [3.8, 4) is 0 Å². The average Bonchev–Trinajstić information content (AvgIpc) is 2.93. The van der Waals surface area contributed by atoms with E-state index in [0.29, 0.717) is 29.9 Å². The Morgan fingerprint density at radius 1 is 1.00 bits per heavy atom. The second kappa shape index (κ2) is 10.9. The highest BCUT2D eigenvalue weighted by Gasteiger charge is 2.30.